The van der Waals surface area contributed by atoms with Gasteiger partial charge in [-0.15, -0.1) is 0 Å². The van der Waals surface area contributed by atoms with Crippen LogP contribution in [0.25, 0.3) is 0 Å². The molecule has 0 bridgehead atoms. The molecule has 0 saturated carbocycles. The fourth-order valence-corrected chi connectivity index (χ4v) is 6.25. The summed E-state index contributed by atoms with van der Waals surface area (Å²) in [5, 5.41) is 129. The summed E-state index contributed by atoms with van der Waals surface area (Å²) in [5.41, 5.74) is 0. The van der Waals surface area contributed by atoms with Gasteiger partial charge >= 0.3 is 0 Å². The summed E-state index contributed by atoms with van der Waals surface area (Å²) >= 11 is 0. The Morgan fingerprint density at radius 1 is 0.510 bits per heavy atom. The Morgan fingerprint density at radius 2 is 0.961 bits per heavy atom. The van der Waals surface area contributed by atoms with Gasteiger partial charge in [-0.05, 0) is 0 Å². The van der Waals surface area contributed by atoms with Crippen LogP contribution in [0, 0.1) is 0 Å². The molecular weight excluding hydrogens is 700 g/mol. The summed E-state index contributed by atoms with van der Waals surface area (Å²) in [7, 11) is 0. The lowest BCUT2D eigenvalue weighted by atomic mass is 9.95. The molecule has 4 aliphatic heterocycles. The minimum Gasteiger partial charge on any atom is -0.394 e. The van der Waals surface area contributed by atoms with Crippen LogP contribution in [0.3, 0.4) is 0 Å². The smallest absolute Gasteiger partial charge is 0.217 e. The predicted molar refractivity (Wildman–Crippen MR) is 157 cm³/mol. The van der Waals surface area contributed by atoms with Crippen LogP contribution in [-0.2, 0) is 42.7 Å². The second kappa shape index (κ2) is 18.0. The van der Waals surface area contributed by atoms with E-state index in [9.17, 15) is 70.9 Å². The number of carbonyl (C=O) groups is 2. The summed E-state index contributed by atoms with van der Waals surface area (Å²) < 4.78 is 38.8. The van der Waals surface area contributed by atoms with E-state index in [1.807, 2.05) is 0 Å². The Kier molecular flexibility index (Phi) is 14.8. The van der Waals surface area contributed by atoms with Crippen LogP contribution < -0.4 is 10.6 Å². The lowest BCUT2D eigenvalue weighted by Gasteiger charge is -2.49. The van der Waals surface area contributed by atoms with E-state index < -0.39 is 161 Å². The Balaban J connectivity index is 1.45. The van der Waals surface area contributed by atoms with Gasteiger partial charge in [0.15, 0.2) is 25.2 Å². The number of ether oxygens (including phenoxy) is 7. The lowest BCUT2D eigenvalue weighted by Crippen LogP contribution is -2.68. The fourth-order valence-electron chi connectivity index (χ4n) is 6.25. The summed E-state index contributed by atoms with van der Waals surface area (Å²) in [6.45, 7) is -0.965. The van der Waals surface area contributed by atoms with Crippen molar-refractivity contribution in [3.05, 3.63) is 0 Å². The van der Waals surface area contributed by atoms with E-state index in [0.717, 1.165) is 13.8 Å². The van der Waals surface area contributed by atoms with Crippen LogP contribution in [0.5, 0.6) is 0 Å². The van der Waals surface area contributed by atoms with E-state index >= 15 is 0 Å². The highest BCUT2D eigenvalue weighted by Crippen LogP contribution is 2.33. The number of nitrogens with one attached hydrogen (secondary N) is 2. The van der Waals surface area contributed by atoms with Crippen molar-refractivity contribution in [2.24, 2.45) is 0 Å². The molecular formula is C28H48N2O21. The van der Waals surface area contributed by atoms with Crippen LogP contribution in [0.15, 0.2) is 0 Å². The molecule has 51 heavy (non-hydrogen) atoms. The molecule has 23 nitrogen and oxygen atoms in total. The van der Waals surface area contributed by atoms with Gasteiger partial charge < -0.3 is 105 Å². The number of aliphatic hydroxyl groups excluding tert-OH is 12. The number of hydrogen-bond donors (Lipinski definition) is 14. The Morgan fingerprint density at radius 3 is 1.49 bits per heavy atom. The highest BCUT2D eigenvalue weighted by atomic mass is 16.8. The zero-order valence-corrected chi connectivity index (χ0v) is 27.4. The van der Waals surface area contributed by atoms with E-state index in [4.69, 9.17) is 33.2 Å². The molecule has 23 heteroatoms. The molecule has 14 N–H and O–H groups in total. The molecule has 4 saturated heterocycles. The molecule has 4 aliphatic rings. The standard InChI is InChI=1S/C28H48N2O21/c1-7(34)29-13-17(38)16(37)12(46-25(13)44)6-45-26-14(30-8(2)35)18(39)23(10(4-32)48-26)50-28-22(43)20(41)24(11(5-33)49-28)51-27-21(42)19(40)15(36)9(3-31)47-27/h9-28,31-33,36-44H,3-6H2,1-2H3,(H,29,34)(H,30,35)/t9-,10-,11-,12-,13-,14-,15+,16+,17-,18-,19+,20-,21-,22-,23-,24+,25?,26-,27-,28+/m1/s1. The topological polar surface area (TPSA) is 366 Å². The molecule has 20 atom stereocenters. The van der Waals surface area contributed by atoms with Gasteiger partial charge in [-0.3, -0.25) is 9.59 Å². The highest BCUT2D eigenvalue weighted by Gasteiger charge is 2.54. The molecule has 0 aromatic rings. The van der Waals surface area contributed by atoms with Crippen molar-refractivity contribution in [1.82, 2.24) is 10.6 Å². The number of amides is 2. The van der Waals surface area contributed by atoms with E-state index in [0.29, 0.717) is 0 Å². The molecule has 2 amide bonds. The van der Waals surface area contributed by atoms with Crippen molar-refractivity contribution in [3.63, 3.8) is 0 Å². The van der Waals surface area contributed by atoms with E-state index in [-0.39, 0.29) is 0 Å². The van der Waals surface area contributed by atoms with Crippen LogP contribution in [0.1, 0.15) is 13.8 Å². The Bertz CT molecular complexity index is 1140. The summed E-state index contributed by atoms with van der Waals surface area (Å²) in [6.07, 6.45) is -30.8. The first kappa shape index (κ1) is 41.9. The maximum Gasteiger partial charge on any atom is 0.217 e. The molecule has 1 unspecified atom stereocenters. The molecule has 4 fully saturated rings. The molecule has 296 valence electrons. The van der Waals surface area contributed by atoms with Crippen molar-refractivity contribution in [2.45, 2.75) is 137 Å². The fraction of sp³-hybridized carbons (Fsp3) is 0.929. The second-order valence-electron chi connectivity index (χ2n) is 12.7. The third-order valence-corrected chi connectivity index (χ3v) is 8.99. The average Bonchev–Trinajstić information content (AvgIpc) is 3.09. The summed E-state index contributed by atoms with van der Waals surface area (Å²) in [4.78, 5) is 23.5. The molecule has 4 heterocycles. The van der Waals surface area contributed by atoms with Gasteiger partial charge in [-0.2, -0.15) is 0 Å². The maximum absolute atomic E-state index is 12.1. The number of hydrogen-bond acceptors (Lipinski definition) is 21. The van der Waals surface area contributed by atoms with Gasteiger partial charge in [0.05, 0.1) is 26.4 Å². The molecule has 0 radical (unpaired) electrons. The van der Waals surface area contributed by atoms with Crippen LogP contribution in [0.2, 0.25) is 0 Å². The third-order valence-electron chi connectivity index (χ3n) is 8.99. The van der Waals surface area contributed by atoms with Crippen molar-refractivity contribution in [2.75, 3.05) is 26.4 Å². The van der Waals surface area contributed by atoms with Crippen LogP contribution >= 0.6 is 0 Å². The molecule has 4 rings (SSSR count). The van der Waals surface area contributed by atoms with E-state index in [2.05, 4.69) is 10.6 Å². The molecule has 0 aliphatic carbocycles. The average molecular weight is 749 g/mol. The van der Waals surface area contributed by atoms with Gasteiger partial charge in [0.25, 0.3) is 0 Å². The lowest BCUT2D eigenvalue weighted by molar-refractivity contribution is -0.375. The zero-order valence-electron chi connectivity index (χ0n) is 27.4. The number of carbonyl (C=O) groups excluding carboxylic acids is 2. The Hall–Kier alpha value is -1.82. The normalized spacial score (nSPS) is 47.8. The van der Waals surface area contributed by atoms with E-state index in [1.54, 1.807) is 0 Å². The van der Waals surface area contributed by atoms with Gasteiger partial charge in [0.2, 0.25) is 11.8 Å². The SMILES string of the molecule is CC(=O)N[C@H]1[C@H](OC[C@H]2OC(O)[C@H](NC(C)=O)[C@@H](O)[C@H]2O)O[C@H](CO)[C@@H](O[C@@H]2O[C@H](CO)[C@H](O[C@H]3O[C@H](CO)[C@H](O)[C@H](O)[C@H]3O)[C@H](O)[C@H]2O)[C@@H]1O. The van der Waals surface area contributed by atoms with Gasteiger partial charge in [-0.1, -0.05) is 0 Å². The minimum absolute atomic E-state index is 0.619. The second-order valence-corrected chi connectivity index (χ2v) is 12.7. The first-order valence-electron chi connectivity index (χ1n) is 16.1. The number of aliphatic hydroxyl groups is 12. The number of rotatable bonds is 12. The highest BCUT2D eigenvalue weighted by molar-refractivity contribution is 5.73. The summed E-state index contributed by atoms with van der Waals surface area (Å²) in [6, 6.07) is -2.86. The first-order chi connectivity index (χ1) is 24.0. The van der Waals surface area contributed by atoms with Gasteiger partial charge in [0.1, 0.15) is 97.5 Å². The van der Waals surface area contributed by atoms with Crippen LogP contribution in [-0.4, -0.2) is 222 Å². The van der Waals surface area contributed by atoms with Crippen molar-refractivity contribution >= 4 is 11.8 Å². The zero-order chi connectivity index (χ0) is 37.9. The van der Waals surface area contributed by atoms with Crippen molar-refractivity contribution in [1.29, 1.82) is 0 Å². The van der Waals surface area contributed by atoms with Crippen molar-refractivity contribution < 1.29 is 104 Å². The van der Waals surface area contributed by atoms with Gasteiger partial charge in [0, 0.05) is 13.8 Å². The minimum atomic E-state index is -2.02. The van der Waals surface area contributed by atoms with E-state index in [1.165, 1.54) is 0 Å². The predicted octanol–water partition coefficient (Wildman–Crippen LogP) is -9.46. The largest absolute Gasteiger partial charge is 0.394 e. The Labute approximate surface area is 289 Å². The quantitative estimate of drug-likeness (QED) is 0.0881. The molecule has 0 aromatic heterocycles. The van der Waals surface area contributed by atoms with Gasteiger partial charge in [-0.25, -0.2) is 0 Å². The summed E-state index contributed by atoms with van der Waals surface area (Å²) in [5.74, 6) is -1.32. The molecule has 0 aromatic carbocycles. The van der Waals surface area contributed by atoms with Crippen molar-refractivity contribution in [3.8, 4) is 0 Å². The molecule has 0 spiro atoms. The maximum atomic E-state index is 12.1. The first-order valence-corrected chi connectivity index (χ1v) is 16.1. The third kappa shape index (κ3) is 9.29. The monoisotopic (exact) mass is 748 g/mol. The van der Waals surface area contributed by atoms with Crippen LogP contribution in [0.4, 0.5) is 0 Å².